The van der Waals surface area contributed by atoms with Crippen LogP contribution in [-0.2, 0) is 9.53 Å². The Balaban J connectivity index is 1.68. The summed E-state index contributed by atoms with van der Waals surface area (Å²) >= 11 is 0. The first-order valence-electron chi connectivity index (χ1n) is 13.2. The van der Waals surface area contributed by atoms with E-state index in [1.54, 1.807) is 6.08 Å². The van der Waals surface area contributed by atoms with Gasteiger partial charge in [0.05, 0.1) is 6.10 Å². The first-order chi connectivity index (χ1) is 15.7. The fourth-order valence-corrected chi connectivity index (χ4v) is 4.95. The minimum absolute atomic E-state index is 0.0955. The Morgan fingerprint density at radius 2 is 1.85 bits per heavy atom. The summed E-state index contributed by atoms with van der Waals surface area (Å²) in [5.41, 5.74) is 0.0955. The molecule has 3 unspecified atom stereocenters. The van der Waals surface area contributed by atoms with Crippen molar-refractivity contribution in [3.05, 3.63) is 24.3 Å². The molecule has 0 aromatic rings. The number of carbonyl (C=O) groups excluding carboxylic acids is 1. The van der Waals surface area contributed by atoms with Gasteiger partial charge in [-0.25, -0.2) is 4.39 Å². The zero-order chi connectivity index (χ0) is 24.3. The van der Waals surface area contributed by atoms with Gasteiger partial charge in [0.1, 0.15) is 18.4 Å². The van der Waals surface area contributed by atoms with Crippen molar-refractivity contribution in [1.82, 2.24) is 0 Å². The van der Waals surface area contributed by atoms with Crippen molar-refractivity contribution in [2.45, 2.75) is 129 Å². The van der Waals surface area contributed by atoms with Gasteiger partial charge in [0.2, 0.25) is 0 Å². The Bertz CT molecular complexity index is 623. The maximum atomic E-state index is 14.4. The van der Waals surface area contributed by atoms with Crippen molar-refractivity contribution < 1.29 is 24.1 Å². The van der Waals surface area contributed by atoms with Gasteiger partial charge in [-0.1, -0.05) is 51.5 Å². The van der Waals surface area contributed by atoms with E-state index in [1.807, 2.05) is 12.2 Å². The molecule has 0 aromatic heterocycles. The fourth-order valence-electron chi connectivity index (χ4n) is 4.95. The minimum atomic E-state index is -1.25. The van der Waals surface area contributed by atoms with E-state index in [0.29, 0.717) is 19.3 Å². The van der Waals surface area contributed by atoms with Crippen LogP contribution in [-0.4, -0.2) is 40.7 Å². The zero-order valence-corrected chi connectivity index (χ0v) is 21.1. The topological polar surface area (TPSA) is 66.8 Å². The lowest BCUT2D eigenvalue weighted by molar-refractivity contribution is -0.148. The van der Waals surface area contributed by atoms with Gasteiger partial charge in [-0.3, -0.25) is 4.79 Å². The zero-order valence-electron chi connectivity index (χ0n) is 21.1. The third-order valence-electron chi connectivity index (χ3n) is 7.77. The molecule has 2 aliphatic carbocycles. The molecule has 0 aliphatic heterocycles. The average molecular weight is 467 g/mol. The van der Waals surface area contributed by atoms with Crippen LogP contribution >= 0.6 is 0 Å². The number of allylic oxidation sites excluding steroid dienone is 3. The Morgan fingerprint density at radius 1 is 1.15 bits per heavy atom. The number of hydrogen-bond donors (Lipinski definition) is 2. The molecule has 0 aromatic carbocycles. The van der Waals surface area contributed by atoms with Gasteiger partial charge in [-0.15, -0.1) is 0 Å². The Labute approximate surface area is 200 Å². The second-order valence-corrected chi connectivity index (χ2v) is 10.9. The number of halogens is 1. The van der Waals surface area contributed by atoms with Gasteiger partial charge in [-0.2, -0.15) is 0 Å². The molecule has 2 N–H and O–H groups in total. The number of alkyl halides is 1. The van der Waals surface area contributed by atoms with Crippen LogP contribution in [0.5, 0.6) is 0 Å². The summed E-state index contributed by atoms with van der Waals surface area (Å²) in [7, 11) is 0. The lowest BCUT2D eigenvalue weighted by atomic mass is 9.84. The van der Waals surface area contributed by atoms with Crippen molar-refractivity contribution in [3.63, 3.8) is 0 Å². The Morgan fingerprint density at radius 3 is 2.55 bits per heavy atom. The predicted molar refractivity (Wildman–Crippen MR) is 132 cm³/mol. The minimum Gasteiger partial charge on any atom is -0.462 e. The highest BCUT2D eigenvalue weighted by Gasteiger charge is 2.33. The molecule has 0 amide bonds. The highest BCUT2D eigenvalue weighted by molar-refractivity contribution is 5.69. The van der Waals surface area contributed by atoms with Crippen LogP contribution in [0.2, 0.25) is 0 Å². The Kier molecular flexibility index (Phi) is 12.1. The highest BCUT2D eigenvalue weighted by atomic mass is 19.1. The molecule has 0 spiro atoms. The van der Waals surface area contributed by atoms with Crippen LogP contribution in [0.15, 0.2) is 24.3 Å². The third kappa shape index (κ3) is 10.3. The molecule has 33 heavy (non-hydrogen) atoms. The first kappa shape index (κ1) is 28.0. The summed E-state index contributed by atoms with van der Waals surface area (Å²) in [4.78, 5) is 11.9. The summed E-state index contributed by atoms with van der Waals surface area (Å²) < 4.78 is 19.9. The molecule has 0 bridgehead atoms. The van der Waals surface area contributed by atoms with Gasteiger partial charge in [-0.05, 0) is 87.9 Å². The van der Waals surface area contributed by atoms with Crippen molar-refractivity contribution in [1.29, 1.82) is 0 Å². The number of hydrogen-bond acceptors (Lipinski definition) is 4. The lowest BCUT2D eigenvalue weighted by Crippen LogP contribution is -2.23. The number of ether oxygens (including phenoxy) is 1. The van der Waals surface area contributed by atoms with E-state index < -0.39 is 12.3 Å². The van der Waals surface area contributed by atoms with Gasteiger partial charge in [0.15, 0.2) is 0 Å². The van der Waals surface area contributed by atoms with Gasteiger partial charge in [0.25, 0.3) is 0 Å². The molecule has 5 heteroatoms. The molecule has 190 valence electrons. The second-order valence-electron chi connectivity index (χ2n) is 10.9. The highest BCUT2D eigenvalue weighted by Crippen LogP contribution is 2.37. The van der Waals surface area contributed by atoms with Crippen molar-refractivity contribution in [2.24, 2.45) is 17.3 Å². The summed E-state index contributed by atoms with van der Waals surface area (Å²) in [5.74, 6) is 0.192. The molecule has 0 radical (unpaired) electrons. The number of aliphatic hydroxyl groups is 2. The van der Waals surface area contributed by atoms with E-state index in [1.165, 1.54) is 0 Å². The van der Waals surface area contributed by atoms with Crippen LogP contribution in [0, 0.1) is 17.3 Å². The van der Waals surface area contributed by atoms with Crippen molar-refractivity contribution >= 4 is 5.97 Å². The van der Waals surface area contributed by atoms with Crippen molar-refractivity contribution in [2.75, 3.05) is 0 Å². The maximum Gasteiger partial charge on any atom is 0.306 e. The quantitative estimate of drug-likeness (QED) is 0.228. The molecule has 0 heterocycles. The predicted octanol–water partition coefficient (Wildman–Crippen LogP) is 6.45. The molecule has 2 fully saturated rings. The van der Waals surface area contributed by atoms with E-state index in [9.17, 15) is 19.4 Å². The monoisotopic (exact) mass is 466 g/mol. The van der Waals surface area contributed by atoms with Crippen LogP contribution in [0.4, 0.5) is 4.39 Å². The number of rotatable bonds is 14. The molecule has 5 atom stereocenters. The standard InChI is InChI=1S/C28H47FO4/c1-4-28(2,3)20-19-24(29)26(31)18-16-21-15-17-25(30)23(21)13-7-5-6-8-14-27(32)33-22-11-9-10-12-22/h5-6,16,18,21-26,30-31H,4,7-15,17,19-20H2,1-3H3/b6-5+,18-16?/t21-,23-,24?,25?,26?/m1/s1. The number of carbonyl (C=O) groups is 1. The first-order valence-corrected chi connectivity index (χ1v) is 13.2. The van der Waals surface area contributed by atoms with E-state index in [4.69, 9.17) is 4.74 Å². The summed E-state index contributed by atoms with van der Waals surface area (Å²) in [6.07, 6.45) is 15.9. The van der Waals surface area contributed by atoms with Gasteiger partial charge < -0.3 is 14.9 Å². The maximum absolute atomic E-state index is 14.4. The second kappa shape index (κ2) is 14.3. The Hall–Kier alpha value is -1.20. The van der Waals surface area contributed by atoms with Crippen LogP contribution in [0.25, 0.3) is 0 Å². The number of aliphatic hydroxyl groups excluding tert-OH is 2. The van der Waals surface area contributed by atoms with Gasteiger partial charge >= 0.3 is 5.97 Å². The number of esters is 1. The lowest BCUT2D eigenvalue weighted by Gasteiger charge is -2.24. The molecule has 4 nitrogen and oxygen atoms in total. The van der Waals surface area contributed by atoms with Crippen LogP contribution in [0.1, 0.15) is 104 Å². The molecule has 0 saturated heterocycles. The van der Waals surface area contributed by atoms with E-state index >= 15 is 0 Å². The average Bonchev–Trinajstić information content (AvgIpc) is 3.42. The molecule has 2 rings (SSSR count). The fraction of sp³-hybridized carbons (Fsp3) is 0.821. The van der Waals surface area contributed by atoms with E-state index in [-0.39, 0.29) is 35.4 Å². The van der Waals surface area contributed by atoms with Crippen LogP contribution in [0.3, 0.4) is 0 Å². The molecule has 2 saturated carbocycles. The largest absolute Gasteiger partial charge is 0.462 e. The normalized spacial score (nSPS) is 26.4. The van der Waals surface area contributed by atoms with E-state index in [2.05, 4.69) is 26.8 Å². The van der Waals surface area contributed by atoms with E-state index in [0.717, 1.165) is 64.2 Å². The smallest absolute Gasteiger partial charge is 0.306 e. The molecular weight excluding hydrogens is 419 g/mol. The summed E-state index contributed by atoms with van der Waals surface area (Å²) in [6, 6.07) is 0. The SMILES string of the molecule is CCC(C)(C)CCC(F)C(O)C=C[C@H]1CCC(O)[C@@H]1CC/C=C/CCC(=O)OC1CCCC1. The summed E-state index contributed by atoms with van der Waals surface area (Å²) in [6.45, 7) is 6.36. The molecular formula is C28H47FO4. The molecule has 2 aliphatic rings. The van der Waals surface area contributed by atoms with Crippen molar-refractivity contribution in [3.8, 4) is 0 Å². The third-order valence-corrected chi connectivity index (χ3v) is 7.77. The van der Waals surface area contributed by atoms with Gasteiger partial charge in [0, 0.05) is 6.42 Å². The summed E-state index contributed by atoms with van der Waals surface area (Å²) in [5, 5.41) is 20.6. The van der Waals surface area contributed by atoms with Crippen LogP contribution < -0.4 is 0 Å².